The molecular formula is C17H21N3O3. The molecule has 3 unspecified atom stereocenters. The number of nitro groups is 1. The minimum absolute atomic E-state index is 0.107. The lowest BCUT2D eigenvalue weighted by atomic mass is 9.94. The van der Waals surface area contributed by atoms with Crippen LogP contribution >= 0.6 is 0 Å². The summed E-state index contributed by atoms with van der Waals surface area (Å²) in [6.45, 7) is 2.10. The summed E-state index contributed by atoms with van der Waals surface area (Å²) in [5.41, 5.74) is -0.0533. The maximum Gasteiger partial charge on any atom is 0.282 e. The maximum atomic E-state index is 12.0. The summed E-state index contributed by atoms with van der Waals surface area (Å²) in [6.07, 6.45) is 7.21. The molecule has 0 heterocycles. The number of fused-ring (bicyclic) bond motifs is 2. The van der Waals surface area contributed by atoms with Gasteiger partial charge in [0, 0.05) is 19.2 Å². The third kappa shape index (κ3) is 3.59. The van der Waals surface area contributed by atoms with Crippen molar-refractivity contribution in [1.82, 2.24) is 10.6 Å². The standard InChI is InChI=1S/C17H21N3O3/c21-17(15-3-1-2-4-16(15)20(22)23)19-8-7-18-11-14-10-12-5-6-13(14)9-12/h1-6,12-14,18H,7-11H2,(H,19,21). The number of nitro benzene ring substituents is 1. The number of nitrogens with zero attached hydrogens (tertiary/aromatic N) is 1. The molecule has 0 radical (unpaired) electrons. The van der Waals surface area contributed by atoms with Gasteiger partial charge in [-0.1, -0.05) is 24.3 Å². The summed E-state index contributed by atoms with van der Waals surface area (Å²) < 4.78 is 0. The molecule has 6 heteroatoms. The van der Waals surface area contributed by atoms with Crippen LogP contribution in [0.5, 0.6) is 0 Å². The number of allylic oxidation sites excluding steroid dienone is 2. The van der Waals surface area contributed by atoms with Gasteiger partial charge in [0.2, 0.25) is 0 Å². The van der Waals surface area contributed by atoms with Crippen molar-refractivity contribution in [2.24, 2.45) is 17.8 Å². The van der Waals surface area contributed by atoms with Crippen LogP contribution in [0.4, 0.5) is 5.69 Å². The van der Waals surface area contributed by atoms with Gasteiger partial charge in [-0.3, -0.25) is 14.9 Å². The Bertz CT molecular complexity index is 629. The van der Waals surface area contributed by atoms with E-state index in [1.54, 1.807) is 12.1 Å². The van der Waals surface area contributed by atoms with E-state index >= 15 is 0 Å². The van der Waals surface area contributed by atoms with Gasteiger partial charge < -0.3 is 10.6 Å². The highest BCUT2D eigenvalue weighted by Crippen LogP contribution is 2.42. The Kier molecular flexibility index (Phi) is 4.71. The number of para-hydroxylation sites is 1. The lowest BCUT2D eigenvalue weighted by Gasteiger charge is -2.18. The third-order valence-electron chi connectivity index (χ3n) is 4.76. The fourth-order valence-corrected chi connectivity index (χ4v) is 3.60. The van der Waals surface area contributed by atoms with Gasteiger partial charge in [-0.25, -0.2) is 0 Å². The average Bonchev–Trinajstić information content (AvgIpc) is 3.17. The van der Waals surface area contributed by atoms with Crippen LogP contribution in [-0.4, -0.2) is 30.5 Å². The van der Waals surface area contributed by atoms with Crippen LogP contribution in [0.3, 0.4) is 0 Å². The van der Waals surface area contributed by atoms with E-state index in [1.807, 2.05) is 0 Å². The molecule has 0 saturated heterocycles. The van der Waals surface area contributed by atoms with E-state index in [0.717, 1.165) is 12.5 Å². The van der Waals surface area contributed by atoms with E-state index in [2.05, 4.69) is 22.8 Å². The van der Waals surface area contributed by atoms with E-state index < -0.39 is 10.8 Å². The van der Waals surface area contributed by atoms with E-state index in [0.29, 0.717) is 24.9 Å². The minimum atomic E-state index is -0.532. The molecule has 23 heavy (non-hydrogen) atoms. The van der Waals surface area contributed by atoms with Crippen molar-refractivity contribution in [2.75, 3.05) is 19.6 Å². The van der Waals surface area contributed by atoms with Crippen LogP contribution in [0, 0.1) is 27.9 Å². The van der Waals surface area contributed by atoms with Crippen molar-refractivity contribution in [3.05, 3.63) is 52.1 Å². The Morgan fingerprint density at radius 2 is 2.04 bits per heavy atom. The molecule has 1 amide bonds. The number of carbonyl (C=O) groups is 1. The first-order valence-corrected chi connectivity index (χ1v) is 8.06. The van der Waals surface area contributed by atoms with Crippen molar-refractivity contribution in [3.8, 4) is 0 Å². The Hall–Kier alpha value is -2.21. The average molecular weight is 315 g/mol. The number of carbonyl (C=O) groups excluding carboxylic acids is 1. The van der Waals surface area contributed by atoms with Gasteiger partial charge in [0.25, 0.3) is 11.6 Å². The smallest absolute Gasteiger partial charge is 0.282 e. The summed E-state index contributed by atoms with van der Waals surface area (Å²) in [5, 5.41) is 17.0. The fraction of sp³-hybridized carbons (Fsp3) is 0.471. The van der Waals surface area contributed by atoms with Crippen molar-refractivity contribution < 1.29 is 9.72 Å². The van der Waals surface area contributed by atoms with Gasteiger partial charge in [0.1, 0.15) is 5.56 Å². The van der Waals surface area contributed by atoms with Crippen LogP contribution in [-0.2, 0) is 0 Å². The van der Waals surface area contributed by atoms with Gasteiger partial charge in [0.15, 0.2) is 0 Å². The van der Waals surface area contributed by atoms with Crippen LogP contribution in [0.25, 0.3) is 0 Å². The number of rotatable bonds is 7. The Labute approximate surface area is 135 Å². The summed E-state index contributed by atoms with van der Waals surface area (Å²) in [5.74, 6) is 1.79. The quantitative estimate of drug-likeness (QED) is 0.349. The van der Waals surface area contributed by atoms with Crippen molar-refractivity contribution in [1.29, 1.82) is 0 Å². The van der Waals surface area contributed by atoms with Gasteiger partial charge in [-0.15, -0.1) is 0 Å². The molecule has 3 atom stereocenters. The van der Waals surface area contributed by atoms with Crippen LogP contribution < -0.4 is 10.6 Å². The molecule has 0 aliphatic heterocycles. The largest absolute Gasteiger partial charge is 0.351 e. The summed E-state index contributed by atoms with van der Waals surface area (Å²) in [6, 6.07) is 6.00. The van der Waals surface area contributed by atoms with Crippen molar-refractivity contribution >= 4 is 11.6 Å². The predicted molar refractivity (Wildman–Crippen MR) is 87.1 cm³/mol. The van der Waals surface area contributed by atoms with E-state index in [1.165, 1.54) is 25.0 Å². The maximum absolute atomic E-state index is 12.0. The molecule has 1 fully saturated rings. The van der Waals surface area contributed by atoms with Crippen LogP contribution in [0.15, 0.2) is 36.4 Å². The summed E-state index contributed by atoms with van der Waals surface area (Å²) >= 11 is 0. The van der Waals surface area contributed by atoms with Crippen molar-refractivity contribution in [2.45, 2.75) is 12.8 Å². The third-order valence-corrected chi connectivity index (χ3v) is 4.76. The molecular weight excluding hydrogens is 294 g/mol. The molecule has 1 aromatic carbocycles. The lowest BCUT2D eigenvalue weighted by Crippen LogP contribution is -2.34. The second-order valence-electron chi connectivity index (χ2n) is 6.27. The van der Waals surface area contributed by atoms with Crippen LogP contribution in [0.1, 0.15) is 23.2 Å². The zero-order valence-corrected chi connectivity index (χ0v) is 12.9. The summed E-state index contributed by atoms with van der Waals surface area (Å²) in [4.78, 5) is 22.4. The van der Waals surface area contributed by atoms with Gasteiger partial charge in [-0.2, -0.15) is 0 Å². The second kappa shape index (κ2) is 6.91. The molecule has 2 aliphatic rings. The highest BCUT2D eigenvalue weighted by atomic mass is 16.6. The highest BCUT2D eigenvalue weighted by Gasteiger charge is 2.34. The van der Waals surface area contributed by atoms with E-state index in [4.69, 9.17) is 0 Å². The zero-order chi connectivity index (χ0) is 16.2. The Morgan fingerprint density at radius 1 is 1.22 bits per heavy atom. The molecule has 2 N–H and O–H groups in total. The molecule has 1 saturated carbocycles. The minimum Gasteiger partial charge on any atom is -0.351 e. The first-order valence-electron chi connectivity index (χ1n) is 8.06. The highest BCUT2D eigenvalue weighted by molar-refractivity contribution is 5.98. The van der Waals surface area contributed by atoms with Gasteiger partial charge in [0.05, 0.1) is 4.92 Å². The topological polar surface area (TPSA) is 84.3 Å². The molecule has 122 valence electrons. The zero-order valence-electron chi connectivity index (χ0n) is 12.9. The van der Waals surface area contributed by atoms with E-state index in [9.17, 15) is 14.9 Å². The van der Waals surface area contributed by atoms with Gasteiger partial charge >= 0.3 is 0 Å². The number of benzene rings is 1. The molecule has 0 aromatic heterocycles. The van der Waals surface area contributed by atoms with Crippen molar-refractivity contribution in [3.63, 3.8) is 0 Å². The second-order valence-corrected chi connectivity index (χ2v) is 6.27. The van der Waals surface area contributed by atoms with Crippen LogP contribution in [0.2, 0.25) is 0 Å². The number of amides is 1. The first kappa shape index (κ1) is 15.7. The predicted octanol–water partition coefficient (Wildman–Crippen LogP) is 2.13. The molecule has 1 aromatic rings. The molecule has 6 nitrogen and oxygen atoms in total. The van der Waals surface area contributed by atoms with Gasteiger partial charge in [-0.05, 0) is 43.2 Å². The Balaban J connectivity index is 1.40. The normalized spacial score (nSPS) is 24.8. The monoisotopic (exact) mass is 315 g/mol. The molecule has 3 rings (SSSR count). The number of nitrogens with one attached hydrogen (secondary N) is 2. The fourth-order valence-electron chi connectivity index (χ4n) is 3.60. The molecule has 2 aliphatic carbocycles. The molecule has 2 bridgehead atoms. The Morgan fingerprint density at radius 3 is 2.74 bits per heavy atom. The van der Waals surface area contributed by atoms with E-state index in [-0.39, 0.29) is 11.3 Å². The number of hydrogen-bond acceptors (Lipinski definition) is 4. The lowest BCUT2D eigenvalue weighted by molar-refractivity contribution is -0.385. The summed E-state index contributed by atoms with van der Waals surface area (Å²) in [7, 11) is 0. The molecule has 0 spiro atoms. The SMILES string of the molecule is O=C(NCCNCC1CC2C=CC1C2)c1ccccc1[N+](=O)[O-]. The first-order chi connectivity index (χ1) is 11.1. The number of hydrogen-bond donors (Lipinski definition) is 2.